The Labute approximate surface area is 164 Å². The highest BCUT2D eigenvalue weighted by molar-refractivity contribution is 9.10. The first-order chi connectivity index (χ1) is 12.9. The molecule has 11 heteroatoms. The van der Waals surface area contributed by atoms with E-state index in [0.29, 0.717) is 22.9 Å². The minimum Gasteiger partial charge on any atom is -0.334 e. The molecule has 0 aliphatic heterocycles. The van der Waals surface area contributed by atoms with Crippen molar-refractivity contribution in [2.24, 2.45) is 0 Å². The van der Waals surface area contributed by atoms with Crippen molar-refractivity contribution < 1.29 is 30.4 Å². The smallest absolute Gasteiger partial charge is 0.334 e. The molecular weight excluding hydrogens is 471 g/mol. The number of H-pyrrole nitrogens is 1. The van der Waals surface area contributed by atoms with Crippen LogP contribution in [-0.2, 0) is 16.0 Å². The van der Waals surface area contributed by atoms with Gasteiger partial charge in [0.1, 0.15) is 16.5 Å². The summed E-state index contributed by atoms with van der Waals surface area (Å²) in [6.07, 6.45) is -4.21. The molecule has 0 fully saturated rings. The normalized spacial score (nSPS) is 12.4. The predicted octanol–water partition coefficient (Wildman–Crippen LogP) is 5.21. The van der Waals surface area contributed by atoms with Crippen LogP contribution in [0.15, 0.2) is 45.8 Å². The topological polar surface area (TPSA) is 62.8 Å². The van der Waals surface area contributed by atoms with Gasteiger partial charge in [-0.1, -0.05) is 28.1 Å². The lowest BCUT2D eigenvalue weighted by atomic mass is 10.0. The Hall–Kier alpha value is -2.27. The Morgan fingerprint density at radius 1 is 1.04 bits per heavy atom. The maximum atomic E-state index is 14.2. The number of imidazole rings is 1. The van der Waals surface area contributed by atoms with Crippen LogP contribution in [0.3, 0.4) is 0 Å². The first-order valence-corrected chi connectivity index (χ1v) is 10.2. The number of rotatable bonds is 3. The summed E-state index contributed by atoms with van der Waals surface area (Å²) in [7, 11) is -4.21. The summed E-state index contributed by atoms with van der Waals surface area (Å²) in [6.45, 7) is 0. The first kappa shape index (κ1) is 20.5. The van der Waals surface area contributed by atoms with Gasteiger partial charge in [0.25, 0.3) is 0 Å². The minimum absolute atomic E-state index is 0.125. The highest BCUT2D eigenvalue weighted by atomic mass is 79.9. The largest absolute Gasteiger partial charge is 0.449 e. The number of hydrogen-bond acceptors (Lipinski definition) is 3. The van der Waals surface area contributed by atoms with Crippen molar-refractivity contribution >= 4 is 25.8 Å². The summed E-state index contributed by atoms with van der Waals surface area (Å²) in [6, 6.07) is 7.46. The van der Waals surface area contributed by atoms with E-state index in [1.807, 2.05) is 0 Å². The SMILES string of the molecule is CS(=O)(=O)c1c(F)cc(-c2nc(C(F)(F)F)[nH]c2-c2cccc(Br)c2)cc1F. The summed E-state index contributed by atoms with van der Waals surface area (Å²) in [5.41, 5.74) is -0.563. The van der Waals surface area contributed by atoms with E-state index >= 15 is 0 Å². The number of halogens is 6. The van der Waals surface area contributed by atoms with Crippen molar-refractivity contribution in [3.63, 3.8) is 0 Å². The second kappa shape index (κ2) is 6.96. The van der Waals surface area contributed by atoms with Gasteiger partial charge < -0.3 is 4.98 Å². The fourth-order valence-corrected chi connectivity index (χ4v) is 3.85. The molecule has 0 unspecified atom stereocenters. The summed E-state index contributed by atoms with van der Waals surface area (Å²) in [5.74, 6) is -4.20. The Morgan fingerprint density at radius 2 is 1.64 bits per heavy atom. The number of nitrogens with zero attached hydrogens (tertiary/aromatic N) is 1. The maximum Gasteiger partial charge on any atom is 0.449 e. The minimum atomic E-state index is -4.83. The Bertz CT molecular complexity index is 1150. The predicted molar refractivity (Wildman–Crippen MR) is 95.2 cm³/mol. The second-order valence-corrected chi connectivity index (χ2v) is 8.73. The molecule has 0 bridgehead atoms. The molecule has 0 radical (unpaired) electrons. The average Bonchev–Trinajstić information content (AvgIpc) is 2.98. The number of hydrogen-bond donors (Lipinski definition) is 1. The Morgan fingerprint density at radius 3 is 2.14 bits per heavy atom. The molecule has 3 rings (SSSR count). The lowest BCUT2D eigenvalue weighted by Crippen LogP contribution is -2.07. The number of sulfone groups is 1. The Kier molecular flexibility index (Phi) is 5.09. The van der Waals surface area contributed by atoms with Crippen LogP contribution in [0, 0.1) is 11.6 Å². The van der Waals surface area contributed by atoms with Crippen LogP contribution in [0.5, 0.6) is 0 Å². The molecule has 28 heavy (non-hydrogen) atoms. The molecule has 0 aliphatic carbocycles. The zero-order valence-corrected chi connectivity index (χ0v) is 16.3. The van der Waals surface area contributed by atoms with Gasteiger partial charge in [0.05, 0.1) is 11.4 Å². The van der Waals surface area contributed by atoms with Gasteiger partial charge in [-0.3, -0.25) is 0 Å². The van der Waals surface area contributed by atoms with Crippen molar-refractivity contribution in [3.05, 3.63) is 58.3 Å². The molecule has 1 aromatic heterocycles. The number of alkyl halides is 3. The van der Waals surface area contributed by atoms with Crippen LogP contribution < -0.4 is 0 Å². The van der Waals surface area contributed by atoms with Crippen molar-refractivity contribution in [1.29, 1.82) is 0 Å². The van der Waals surface area contributed by atoms with Crippen LogP contribution >= 0.6 is 15.9 Å². The van der Waals surface area contributed by atoms with Crippen molar-refractivity contribution in [1.82, 2.24) is 9.97 Å². The van der Waals surface area contributed by atoms with Gasteiger partial charge >= 0.3 is 6.18 Å². The summed E-state index contributed by atoms with van der Waals surface area (Å²) < 4.78 is 91.5. The van der Waals surface area contributed by atoms with E-state index in [9.17, 15) is 30.4 Å². The number of aromatic nitrogens is 2. The highest BCUT2D eigenvalue weighted by Gasteiger charge is 2.36. The van der Waals surface area contributed by atoms with Crippen LogP contribution in [0.4, 0.5) is 22.0 Å². The molecule has 0 saturated heterocycles. The van der Waals surface area contributed by atoms with Gasteiger partial charge in [0.15, 0.2) is 9.84 Å². The fraction of sp³-hybridized carbons (Fsp3) is 0.118. The monoisotopic (exact) mass is 480 g/mol. The van der Waals surface area contributed by atoms with Gasteiger partial charge in [-0.25, -0.2) is 22.2 Å². The van der Waals surface area contributed by atoms with Gasteiger partial charge in [0.2, 0.25) is 5.82 Å². The molecule has 1 heterocycles. The van der Waals surface area contributed by atoms with Gasteiger partial charge in [-0.05, 0) is 24.3 Å². The quantitative estimate of drug-likeness (QED) is 0.523. The van der Waals surface area contributed by atoms with Gasteiger partial charge in [-0.2, -0.15) is 13.2 Å². The van der Waals surface area contributed by atoms with Crippen LogP contribution in [-0.4, -0.2) is 24.6 Å². The molecule has 2 aromatic carbocycles. The number of nitrogens with one attached hydrogen (secondary N) is 1. The standard InChI is InChI=1S/C17H10BrF5N2O2S/c1-28(26,27)15-11(19)6-9(7-12(15)20)14-13(8-3-2-4-10(18)5-8)24-16(25-14)17(21,22)23/h2-7H,1H3,(H,24,25). The van der Waals surface area contributed by atoms with Crippen LogP contribution in [0.1, 0.15) is 5.82 Å². The number of aromatic amines is 1. The van der Waals surface area contributed by atoms with Crippen molar-refractivity contribution in [3.8, 4) is 22.5 Å². The molecule has 0 spiro atoms. The van der Waals surface area contributed by atoms with E-state index in [1.165, 1.54) is 12.1 Å². The molecule has 0 amide bonds. The average molecular weight is 481 g/mol. The summed E-state index contributed by atoms with van der Waals surface area (Å²) in [5, 5.41) is 0. The Balaban J connectivity index is 2.29. The molecule has 0 atom stereocenters. The highest BCUT2D eigenvalue weighted by Crippen LogP contribution is 2.37. The maximum absolute atomic E-state index is 14.2. The van der Waals surface area contributed by atoms with Gasteiger partial charge in [-0.15, -0.1) is 0 Å². The van der Waals surface area contributed by atoms with Crippen molar-refractivity contribution in [2.45, 2.75) is 11.1 Å². The second-order valence-electron chi connectivity index (χ2n) is 5.86. The third kappa shape index (κ3) is 3.95. The molecule has 0 aliphatic rings. The van der Waals surface area contributed by atoms with Crippen molar-refractivity contribution in [2.75, 3.05) is 6.26 Å². The molecule has 4 nitrogen and oxygen atoms in total. The van der Waals surface area contributed by atoms with Crippen LogP contribution in [0.2, 0.25) is 0 Å². The third-order valence-corrected chi connectivity index (χ3v) is 5.35. The summed E-state index contributed by atoms with van der Waals surface area (Å²) in [4.78, 5) is 4.42. The lowest BCUT2D eigenvalue weighted by Gasteiger charge is -2.07. The van der Waals surface area contributed by atoms with E-state index in [4.69, 9.17) is 0 Å². The third-order valence-electron chi connectivity index (χ3n) is 3.73. The molecular formula is C17H10BrF5N2O2S. The van der Waals surface area contributed by atoms with Gasteiger partial charge in [0, 0.05) is 21.9 Å². The van der Waals surface area contributed by atoms with E-state index in [2.05, 4.69) is 25.9 Å². The van der Waals surface area contributed by atoms with E-state index in [1.54, 1.807) is 12.1 Å². The zero-order valence-electron chi connectivity index (χ0n) is 13.9. The van der Waals surface area contributed by atoms with Crippen LogP contribution in [0.25, 0.3) is 22.5 Å². The number of benzene rings is 2. The van der Waals surface area contributed by atoms with E-state index < -0.39 is 38.4 Å². The lowest BCUT2D eigenvalue weighted by molar-refractivity contribution is -0.144. The molecule has 1 N–H and O–H groups in total. The molecule has 148 valence electrons. The first-order valence-electron chi connectivity index (χ1n) is 7.50. The van der Waals surface area contributed by atoms with E-state index in [-0.39, 0.29) is 22.5 Å². The summed E-state index contributed by atoms with van der Waals surface area (Å²) >= 11 is 3.20. The molecule has 3 aromatic rings. The van der Waals surface area contributed by atoms with E-state index in [0.717, 1.165) is 0 Å². The zero-order chi connectivity index (χ0) is 20.9. The molecule has 0 saturated carbocycles. The fourth-order valence-electron chi connectivity index (χ4n) is 2.62.